The number of carbonyl (C=O) groups excluding carboxylic acids is 1. The third-order valence-corrected chi connectivity index (χ3v) is 3.43. The number of hydrogen-bond acceptors (Lipinski definition) is 3. The van der Waals surface area contributed by atoms with Crippen molar-refractivity contribution in [3.63, 3.8) is 0 Å². The molecule has 0 radical (unpaired) electrons. The number of rotatable bonds is 4. The first-order valence-corrected chi connectivity index (χ1v) is 6.99. The van der Waals surface area contributed by atoms with E-state index < -0.39 is 0 Å². The van der Waals surface area contributed by atoms with Gasteiger partial charge >= 0.3 is 0 Å². The van der Waals surface area contributed by atoms with E-state index in [9.17, 15) is 4.79 Å². The van der Waals surface area contributed by atoms with Gasteiger partial charge in [-0.05, 0) is 33.6 Å². The van der Waals surface area contributed by atoms with Gasteiger partial charge in [0.15, 0.2) is 0 Å². The SMILES string of the molecule is COc1cc(NC(=O)Cc2ccc(Cl)cc2)ncc1Br. The number of halogens is 2. The van der Waals surface area contributed by atoms with Crippen molar-refractivity contribution in [3.05, 3.63) is 51.6 Å². The number of benzene rings is 1. The van der Waals surface area contributed by atoms with Gasteiger partial charge in [0.2, 0.25) is 5.91 Å². The number of methoxy groups -OCH3 is 1. The van der Waals surface area contributed by atoms with E-state index in [0.29, 0.717) is 16.6 Å². The van der Waals surface area contributed by atoms with Gasteiger partial charge in [-0.25, -0.2) is 4.98 Å². The number of ether oxygens (including phenoxy) is 1. The van der Waals surface area contributed by atoms with Gasteiger partial charge in [0.1, 0.15) is 11.6 Å². The van der Waals surface area contributed by atoms with E-state index in [1.165, 1.54) is 0 Å². The highest BCUT2D eigenvalue weighted by molar-refractivity contribution is 9.10. The molecule has 1 aromatic heterocycles. The fourth-order valence-electron chi connectivity index (χ4n) is 1.62. The van der Waals surface area contributed by atoms with Crippen LogP contribution in [0.5, 0.6) is 5.75 Å². The lowest BCUT2D eigenvalue weighted by Crippen LogP contribution is -2.15. The highest BCUT2D eigenvalue weighted by Gasteiger charge is 2.08. The Morgan fingerprint density at radius 1 is 1.40 bits per heavy atom. The van der Waals surface area contributed by atoms with Crippen molar-refractivity contribution in [3.8, 4) is 5.75 Å². The summed E-state index contributed by atoms with van der Waals surface area (Å²) in [6, 6.07) is 8.80. The molecule has 0 aliphatic heterocycles. The molecule has 6 heteroatoms. The minimum absolute atomic E-state index is 0.149. The molecule has 20 heavy (non-hydrogen) atoms. The first-order chi connectivity index (χ1) is 9.58. The summed E-state index contributed by atoms with van der Waals surface area (Å²) < 4.78 is 5.88. The molecule has 0 aliphatic carbocycles. The molecule has 0 aliphatic rings. The predicted molar refractivity (Wildman–Crippen MR) is 82.3 cm³/mol. The number of amides is 1. The maximum atomic E-state index is 11.9. The number of aromatic nitrogens is 1. The van der Waals surface area contributed by atoms with Crippen LogP contribution in [0.1, 0.15) is 5.56 Å². The molecule has 0 bridgehead atoms. The zero-order valence-corrected chi connectivity index (χ0v) is 13.0. The van der Waals surface area contributed by atoms with E-state index in [2.05, 4.69) is 26.2 Å². The lowest BCUT2D eigenvalue weighted by atomic mass is 10.1. The minimum atomic E-state index is -0.149. The number of nitrogens with zero attached hydrogens (tertiary/aromatic N) is 1. The summed E-state index contributed by atoms with van der Waals surface area (Å²) in [6.07, 6.45) is 1.84. The van der Waals surface area contributed by atoms with E-state index in [-0.39, 0.29) is 12.3 Å². The Kier molecular flexibility index (Phi) is 4.98. The van der Waals surface area contributed by atoms with E-state index in [0.717, 1.165) is 10.0 Å². The molecule has 0 atom stereocenters. The molecule has 1 amide bonds. The second-order valence-electron chi connectivity index (χ2n) is 4.06. The molecule has 1 aromatic carbocycles. The maximum absolute atomic E-state index is 11.9. The summed E-state index contributed by atoms with van der Waals surface area (Å²) in [6.45, 7) is 0. The fraction of sp³-hybridized carbons (Fsp3) is 0.143. The molecular weight excluding hydrogens is 344 g/mol. The van der Waals surface area contributed by atoms with Crippen LogP contribution >= 0.6 is 27.5 Å². The van der Waals surface area contributed by atoms with E-state index in [1.807, 2.05) is 12.1 Å². The number of nitrogens with one attached hydrogen (secondary N) is 1. The van der Waals surface area contributed by atoms with Crippen molar-refractivity contribution in [2.45, 2.75) is 6.42 Å². The average Bonchev–Trinajstić information content (AvgIpc) is 2.43. The van der Waals surface area contributed by atoms with Crippen molar-refractivity contribution < 1.29 is 9.53 Å². The first-order valence-electron chi connectivity index (χ1n) is 5.82. The molecule has 0 saturated heterocycles. The summed E-state index contributed by atoms with van der Waals surface area (Å²) in [5, 5.41) is 3.37. The highest BCUT2D eigenvalue weighted by atomic mass is 79.9. The van der Waals surface area contributed by atoms with Gasteiger partial charge < -0.3 is 10.1 Å². The zero-order valence-electron chi connectivity index (χ0n) is 10.7. The monoisotopic (exact) mass is 354 g/mol. The normalized spacial score (nSPS) is 10.2. The van der Waals surface area contributed by atoms with Gasteiger partial charge in [-0.1, -0.05) is 23.7 Å². The zero-order chi connectivity index (χ0) is 14.5. The standard InChI is InChI=1S/C14H12BrClN2O2/c1-20-12-7-13(17-8-11(12)15)18-14(19)6-9-2-4-10(16)5-3-9/h2-5,7-8H,6H2,1H3,(H,17,18,19). The number of carbonyl (C=O) groups is 1. The van der Waals surface area contributed by atoms with Gasteiger partial charge in [0.05, 0.1) is 18.0 Å². The molecule has 0 fully saturated rings. The van der Waals surface area contributed by atoms with Crippen LogP contribution in [0.4, 0.5) is 5.82 Å². The summed E-state index contributed by atoms with van der Waals surface area (Å²) in [7, 11) is 1.55. The predicted octanol–water partition coefficient (Wildman–Crippen LogP) is 3.69. The van der Waals surface area contributed by atoms with E-state index >= 15 is 0 Å². The Hall–Kier alpha value is -1.59. The molecule has 2 rings (SSSR count). The van der Waals surface area contributed by atoms with Crippen LogP contribution in [0.15, 0.2) is 41.0 Å². The summed E-state index contributed by atoms with van der Waals surface area (Å²) >= 11 is 9.10. The number of pyridine rings is 1. The Labute approximate surface area is 130 Å². The summed E-state index contributed by atoms with van der Waals surface area (Å²) in [5.74, 6) is 0.912. The molecule has 4 nitrogen and oxygen atoms in total. The van der Waals surface area contributed by atoms with Crippen LogP contribution in [0.3, 0.4) is 0 Å². The van der Waals surface area contributed by atoms with E-state index in [1.54, 1.807) is 31.5 Å². The Balaban J connectivity index is 2.02. The Morgan fingerprint density at radius 3 is 2.75 bits per heavy atom. The van der Waals surface area contributed by atoms with Gasteiger partial charge in [0, 0.05) is 17.3 Å². The number of anilines is 1. The summed E-state index contributed by atoms with van der Waals surface area (Å²) in [4.78, 5) is 16.0. The minimum Gasteiger partial charge on any atom is -0.495 e. The number of hydrogen-bond donors (Lipinski definition) is 1. The third kappa shape index (κ3) is 3.95. The van der Waals surface area contributed by atoms with Crippen LogP contribution in [-0.2, 0) is 11.2 Å². The van der Waals surface area contributed by atoms with E-state index in [4.69, 9.17) is 16.3 Å². The molecular formula is C14H12BrClN2O2. The smallest absolute Gasteiger partial charge is 0.229 e. The molecule has 1 heterocycles. The van der Waals surface area contributed by atoms with Gasteiger partial charge in [-0.15, -0.1) is 0 Å². The quantitative estimate of drug-likeness (QED) is 0.910. The lowest BCUT2D eigenvalue weighted by molar-refractivity contribution is -0.115. The average molecular weight is 356 g/mol. The second kappa shape index (κ2) is 6.72. The first kappa shape index (κ1) is 14.8. The van der Waals surface area contributed by atoms with Crippen LogP contribution in [-0.4, -0.2) is 18.0 Å². The van der Waals surface area contributed by atoms with Crippen molar-refractivity contribution in [2.24, 2.45) is 0 Å². The highest BCUT2D eigenvalue weighted by Crippen LogP contribution is 2.25. The van der Waals surface area contributed by atoms with Crippen molar-refractivity contribution in [1.29, 1.82) is 0 Å². The fourth-order valence-corrected chi connectivity index (χ4v) is 2.12. The van der Waals surface area contributed by atoms with Crippen LogP contribution < -0.4 is 10.1 Å². The second-order valence-corrected chi connectivity index (χ2v) is 5.35. The molecule has 0 saturated carbocycles. The molecule has 104 valence electrons. The van der Waals surface area contributed by atoms with Gasteiger partial charge in [-0.3, -0.25) is 4.79 Å². The largest absolute Gasteiger partial charge is 0.495 e. The lowest BCUT2D eigenvalue weighted by Gasteiger charge is -2.07. The topological polar surface area (TPSA) is 51.2 Å². The van der Waals surface area contributed by atoms with Gasteiger partial charge in [-0.2, -0.15) is 0 Å². The summed E-state index contributed by atoms with van der Waals surface area (Å²) in [5.41, 5.74) is 0.885. The van der Waals surface area contributed by atoms with Gasteiger partial charge in [0.25, 0.3) is 0 Å². The van der Waals surface area contributed by atoms with Crippen LogP contribution in [0.25, 0.3) is 0 Å². The van der Waals surface area contributed by atoms with Crippen molar-refractivity contribution in [2.75, 3.05) is 12.4 Å². The van der Waals surface area contributed by atoms with Crippen LogP contribution in [0.2, 0.25) is 5.02 Å². The van der Waals surface area contributed by atoms with Crippen molar-refractivity contribution in [1.82, 2.24) is 4.98 Å². The molecule has 0 spiro atoms. The molecule has 0 unspecified atom stereocenters. The Bertz CT molecular complexity index is 617. The maximum Gasteiger partial charge on any atom is 0.229 e. The Morgan fingerprint density at radius 2 is 2.10 bits per heavy atom. The van der Waals surface area contributed by atoms with Crippen LogP contribution in [0, 0.1) is 0 Å². The molecule has 2 aromatic rings. The molecule has 1 N–H and O–H groups in total. The third-order valence-electron chi connectivity index (χ3n) is 2.59. The van der Waals surface area contributed by atoms with Crippen molar-refractivity contribution >= 4 is 39.3 Å².